The second-order valence-electron chi connectivity index (χ2n) is 2.72. The van der Waals surface area contributed by atoms with Crippen LogP contribution in [0.2, 0.25) is 0 Å². The summed E-state index contributed by atoms with van der Waals surface area (Å²) in [6, 6.07) is 1.10. The van der Waals surface area contributed by atoms with Gasteiger partial charge in [-0.15, -0.1) is 0 Å². The first kappa shape index (κ1) is 9.38. The fraction of sp³-hybridized carbons (Fsp3) is 0.250. The van der Waals surface area contributed by atoms with Crippen LogP contribution in [-0.2, 0) is 4.74 Å². The zero-order valence-electron chi connectivity index (χ0n) is 7.93. The van der Waals surface area contributed by atoms with E-state index in [1.54, 1.807) is 6.92 Å². The molecule has 1 N–H and O–H groups in total. The Morgan fingerprint density at radius 1 is 1.67 bits per heavy atom. The first-order valence-corrected chi connectivity index (χ1v) is 4.32. The molecule has 0 radical (unpaired) electrons. The molecule has 2 heterocycles. The number of rotatable bonds is 2. The van der Waals surface area contributed by atoms with E-state index in [1.165, 1.54) is 6.33 Å². The molecule has 0 aliphatic heterocycles. The van der Waals surface area contributed by atoms with Crippen LogP contribution in [0.25, 0.3) is 5.78 Å². The van der Waals surface area contributed by atoms with Crippen molar-refractivity contribution in [2.75, 3.05) is 6.61 Å². The Hall–Kier alpha value is -2.18. The van der Waals surface area contributed by atoms with Crippen molar-refractivity contribution in [3.05, 3.63) is 28.4 Å². The summed E-state index contributed by atoms with van der Waals surface area (Å²) in [6.45, 7) is 1.91. The van der Waals surface area contributed by atoms with Crippen LogP contribution in [-0.4, -0.2) is 32.2 Å². The molecule has 0 amide bonds. The number of aromatic nitrogens is 4. The topological polar surface area (TPSA) is 89.4 Å². The van der Waals surface area contributed by atoms with E-state index in [4.69, 9.17) is 4.74 Å². The molecule has 0 unspecified atom stereocenters. The third-order valence-electron chi connectivity index (χ3n) is 1.75. The van der Waals surface area contributed by atoms with Gasteiger partial charge in [0.1, 0.15) is 6.33 Å². The molecule has 15 heavy (non-hydrogen) atoms. The Morgan fingerprint density at radius 3 is 3.20 bits per heavy atom. The Balaban J connectivity index is 2.54. The molecule has 7 heteroatoms. The van der Waals surface area contributed by atoms with Crippen molar-refractivity contribution in [2.24, 2.45) is 0 Å². The Kier molecular flexibility index (Phi) is 2.20. The van der Waals surface area contributed by atoms with Crippen molar-refractivity contribution in [3.63, 3.8) is 0 Å². The van der Waals surface area contributed by atoms with E-state index in [0.29, 0.717) is 0 Å². The van der Waals surface area contributed by atoms with Crippen molar-refractivity contribution in [2.45, 2.75) is 6.92 Å². The van der Waals surface area contributed by atoms with Gasteiger partial charge in [0.05, 0.1) is 6.61 Å². The Labute approximate surface area is 83.7 Å². The molecule has 0 fully saturated rings. The second-order valence-corrected chi connectivity index (χ2v) is 2.72. The molecule has 0 aliphatic carbocycles. The molecule has 0 aromatic carbocycles. The van der Waals surface area contributed by atoms with Crippen molar-refractivity contribution < 1.29 is 9.53 Å². The van der Waals surface area contributed by atoms with Crippen LogP contribution in [0.15, 0.2) is 17.2 Å². The molecule has 7 nitrogen and oxygen atoms in total. The van der Waals surface area contributed by atoms with Gasteiger partial charge in [-0.1, -0.05) is 0 Å². The highest BCUT2D eigenvalue weighted by Gasteiger charge is 2.11. The van der Waals surface area contributed by atoms with Gasteiger partial charge in [0.15, 0.2) is 5.69 Å². The molecule has 2 rings (SSSR count). The third-order valence-corrected chi connectivity index (χ3v) is 1.75. The fourth-order valence-electron chi connectivity index (χ4n) is 1.13. The van der Waals surface area contributed by atoms with Gasteiger partial charge in [-0.05, 0) is 6.92 Å². The van der Waals surface area contributed by atoms with Crippen molar-refractivity contribution in [3.8, 4) is 0 Å². The van der Waals surface area contributed by atoms with Gasteiger partial charge in [0, 0.05) is 6.07 Å². The lowest BCUT2D eigenvalue weighted by molar-refractivity contribution is 0.0519. The van der Waals surface area contributed by atoms with Crippen molar-refractivity contribution in [1.82, 2.24) is 19.6 Å². The summed E-state index contributed by atoms with van der Waals surface area (Å²) in [7, 11) is 0. The summed E-state index contributed by atoms with van der Waals surface area (Å²) in [6.07, 6.45) is 1.32. The van der Waals surface area contributed by atoms with Crippen molar-refractivity contribution in [1.29, 1.82) is 0 Å². The average Bonchev–Trinajstić information content (AvgIpc) is 2.66. The van der Waals surface area contributed by atoms with E-state index in [-0.39, 0.29) is 18.1 Å². The summed E-state index contributed by atoms with van der Waals surface area (Å²) < 4.78 is 5.85. The first-order valence-electron chi connectivity index (χ1n) is 4.32. The molecule has 0 saturated heterocycles. The maximum atomic E-state index is 11.4. The maximum absolute atomic E-state index is 11.4. The van der Waals surface area contributed by atoms with Gasteiger partial charge in [0.2, 0.25) is 0 Å². The van der Waals surface area contributed by atoms with Gasteiger partial charge in [0.25, 0.3) is 11.3 Å². The van der Waals surface area contributed by atoms with Crippen LogP contribution in [0.1, 0.15) is 17.4 Å². The zero-order valence-corrected chi connectivity index (χ0v) is 7.93. The number of nitrogens with one attached hydrogen (secondary N) is 1. The number of esters is 1. The highest BCUT2D eigenvalue weighted by Crippen LogP contribution is 1.96. The Bertz CT molecular complexity index is 556. The van der Waals surface area contributed by atoms with E-state index < -0.39 is 11.5 Å². The summed E-state index contributed by atoms with van der Waals surface area (Å²) in [4.78, 5) is 30.3. The number of hydrogen-bond acceptors (Lipinski definition) is 5. The molecule has 0 bridgehead atoms. The maximum Gasteiger partial charge on any atom is 0.357 e. The molecule has 0 atom stereocenters. The largest absolute Gasteiger partial charge is 0.461 e. The van der Waals surface area contributed by atoms with E-state index in [9.17, 15) is 9.59 Å². The van der Waals surface area contributed by atoms with Crippen LogP contribution in [0.5, 0.6) is 0 Å². The number of fused-ring (bicyclic) bond motifs is 1. The van der Waals surface area contributed by atoms with Gasteiger partial charge >= 0.3 is 5.97 Å². The number of nitrogens with zero attached hydrogens (tertiary/aromatic N) is 3. The quantitative estimate of drug-likeness (QED) is 0.678. The van der Waals surface area contributed by atoms with E-state index in [1.807, 2.05) is 0 Å². The summed E-state index contributed by atoms with van der Waals surface area (Å²) in [5.74, 6) is -0.481. The molecule has 0 saturated carbocycles. The number of ether oxygens (including phenoxy) is 1. The van der Waals surface area contributed by atoms with Gasteiger partial charge in [-0.3, -0.25) is 9.89 Å². The standard InChI is InChI=1S/C8H8N4O3/c1-2-15-7(14)5-3-6(13)12-8(11-5)9-4-10-12/h3-4H,2H2,1H3,(H,9,10,11). The Morgan fingerprint density at radius 2 is 2.47 bits per heavy atom. The second kappa shape index (κ2) is 3.52. The predicted molar refractivity (Wildman–Crippen MR) is 49.6 cm³/mol. The van der Waals surface area contributed by atoms with Crippen LogP contribution >= 0.6 is 0 Å². The molecule has 78 valence electrons. The minimum Gasteiger partial charge on any atom is -0.461 e. The number of H-pyrrole nitrogens is 1. The monoisotopic (exact) mass is 208 g/mol. The highest BCUT2D eigenvalue weighted by molar-refractivity contribution is 5.87. The molecule has 2 aromatic heterocycles. The van der Waals surface area contributed by atoms with E-state index in [0.717, 1.165) is 10.6 Å². The van der Waals surface area contributed by atoms with Gasteiger partial charge in [-0.2, -0.15) is 4.52 Å². The number of aromatic amines is 1. The summed E-state index contributed by atoms with van der Waals surface area (Å²) in [5.41, 5.74) is -0.436. The molecule has 0 aliphatic rings. The molecular formula is C8H8N4O3. The lowest BCUT2D eigenvalue weighted by Crippen LogP contribution is -2.19. The van der Waals surface area contributed by atoms with Gasteiger partial charge < -0.3 is 4.74 Å². The zero-order chi connectivity index (χ0) is 10.8. The molecule has 2 aromatic rings. The van der Waals surface area contributed by atoms with Crippen LogP contribution in [0.4, 0.5) is 0 Å². The van der Waals surface area contributed by atoms with Gasteiger partial charge in [-0.25, -0.2) is 14.8 Å². The fourth-order valence-corrected chi connectivity index (χ4v) is 1.13. The van der Waals surface area contributed by atoms with E-state index in [2.05, 4.69) is 15.1 Å². The van der Waals surface area contributed by atoms with Crippen LogP contribution in [0.3, 0.4) is 0 Å². The lowest BCUT2D eigenvalue weighted by atomic mass is 10.4. The molecular weight excluding hydrogens is 200 g/mol. The predicted octanol–water partition coefficient (Wildman–Crippen LogP) is -0.406. The third kappa shape index (κ3) is 1.58. The number of hydrogen-bond donors (Lipinski definition) is 1. The first-order chi connectivity index (χ1) is 7.22. The van der Waals surface area contributed by atoms with E-state index >= 15 is 0 Å². The average molecular weight is 208 g/mol. The molecule has 0 spiro atoms. The summed E-state index contributed by atoms with van der Waals surface area (Å²) >= 11 is 0. The highest BCUT2D eigenvalue weighted by atomic mass is 16.5. The van der Waals surface area contributed by atoms with Crippen LogP contribution in [0, 0.1) is 0 Å². The number of carbonyl (C=O) groups is 1. The lowest BCUT2D eigenvalue weighted by Gasteiger charge is -1.99. The minimum atomic E-state index is -0.625. The van der Waals surface area contributed by atoms with Crippen molar-refractivity contribution >= 4 is 11.7 Å². The summed E-state index contributed by atoms with van der Waals surface area (Å²) in [5, 5.41) is 2.56. The number of carbonyl (C=O) groups excluding carboxylic acids is 1. The smallest absolute Gasteiger partial charge is 0.357 e. The van der Waals surface area contributed by atoms with Crippen LogP contribution < -0.4 is 5.56 Å². The minimum absolute atomic E-state index is 0.0334. The normalized spacial score (nSPS) is 10.5. The SMILES string of the molecule is CCOC(=O)c1cc(=O)n2[nH]cnc2n1.